The largest absolute Gasteiger partial charge is 0.508 e. The first-order chi connectivity index (χ1) is 17.2. The number of ether oxygens (including phenoxy) is 3. The third-order valence-electron chi connectivity index (χ3n) is 7.10. The second-order valence-corrected chi connectivity index (χ2v) is 10.4. The maximum Gasteiger partial charge on any atom is 0.160 e. The van der Waals surface area contributed by atoms with E-state index in [9.17, 15) is 5.11 Å². The molecule has 1 fully saturated rings. The van der Waals surface area contributed by atoms with Crippen LogP contribution in [0.5, 0.6) is 23.0 Å². The molecule has 2 unspecified atom stereocenters. The van der Waals surface area contributed by atoms with Gasteiger partial charge in [-0.25, -0.2) is 0 Å². The van der Waals surface area contributed by atoms with Gasteiger partial charge in [0.05, 0.1) is 20.8 Å². The fraction of sp³-hybridized carbons (Fsp3) is 0.379. The molecule has 0 aromatic heterocycles. The zero-order valence-corrected chi connectivity index (χ0v) is 21.2. The molecule has 0 amide bonds. The molecule has 1 saturated heterocycles. The number of aromatic hydroxyl groups is 1. The van der Waals surface area contributed by atoms with Crippen molar-refractivity contribution in [3.63, 3.8) is 0 Å². The van der Waals surface area contributed by atoms with Gasteiger partial charge in [0.2, 0.25) is 0 Å². The van der Waals surface area contributed by atoms with Crippen molar-refractivity contribution in [2.75, 3.05) is 46.2 Å². The Morgan fingerprint density at radius 3 is 2.40 bits per heavy atom. The van der Waals surface area contributed by atoms with E-state index in [1.54, 1.807) is 20.3 Å². The van der Waals surface area contributed by atoms with E-state index in [1.807, 2.05) is 36.0 Å². The zero-order valence-electron chi connectivity index (χ0n) is 20.4. The van der Waals surface area contributed by atoms with E-state index < -0.39 is 0 Å². The smallest absolute Gasteiger partial charge is 0.160 e. The lowest BCUT2D eigenvalue weighted by Gasteiger charge is -2.35. The predicted molar refractivity (Wildman–Crippen MR) is 141 cm³/mol. The summed E-state index contributed by atoms with van der Waals surface area (Å²) in [5.41, 5.74) is 3.33. The summed E-state index contributed by atoms with van der Waals surface area (Å²) in [6.45, 7) is 4.19. The van der Waals surface area contributed by atoms with Crippen molar-refractivity contribution < 1.29 is 19.3 Å². The summed E-state index contributed by atoms with van der Waals surface area (Å²) in [4.78, 5) is 3.85. The van der Waals surface area contributed by atoms with Gasteiger partial charge in [-0.3, -0.25) is 0 Å². The molecule has 35 heavy (non-hydrogen) atoms. The summed E-state index contributed by atoms with van der Waals surface area (Å²) in [6, 6.07) is 20.4. The molecule has 0 radical (unpaired) electrons. The van der Waals surface area contributed by atoms with Gasteiger partial charge in [-0.2, -0.15) is 0 Å². The van der Waals surface area contributed by atoms with Gasteiger partial charge >= 0.3 is 0 Å². The second kappa shape index (κ2) is 10.8. The number of hydrogen-bond donors (Lipinski definition) is 1. The highest BCUT2D eigenvalue weighted by molar-refractivity contribution is 7.99. The number of fused-ring (bicyclic) bond motifs is 1. The number of rotatable bonds is 8. The number of methoxy groups -OCH3 is 2. The zero-order chi connectivity index (χ0) is 24.2. The predicted octanol–water partition coefficient (Wildman–Crippen LogP) is 5.91. The maximum atomic E-state index is 10.3. The Bertz CT molecular complexity index is 1140. The average molecular weight is 492 g/mol. The van der Waals surface area contributed by atoms with E-state index in [4.69, 9.17) is 14.2 Å². The van der Waals surface area contributed by atoms with Crippen LogP contribution in [0.2, 0.25) is 0 Å². The van der Waals surface area contributed by atoms with Crippen LogP contribution in [0.1, 0.15) is 41.4 Å². The van der Waals surface area contributed by atoms with Crippen LogP contribution >= 0.6 is 11.8 Å². The Morgan fingerprint density at radius 2 is 1.66 bits per heavy atom. The molecule has 0 spiro atoms. The monoisotopic (exact) mass is 491 g/mol. The van der Waals surface area contributed by atoms with Crippen LogP contribution < -0.4 is 14.2 Å². The minimum Gasteiger partial charge on any atom is -0.508 e. The number of hydrogen-bond acceptors (Lipinski definition) is 6. The summed E-state index contributed by atoms with van der Waals surface area (Å²) < 4.78 is 17.2. The van der Waals surface area contributed by atoms with Gasteiger partial charge in [-0.05, 0) is 79.5 Å². The van der Waals surface area contributed by atoms with E-state index in [1.165, 1.54) is 36.4 Å². The van der Waals surface area contributed by atoms with Gasteiger partial charge in [0.25, 0.3) is 0 Å². The normalized spacial score (nSPS) is 19.7. The third-order valence-corrected chi connectivity index (χ3v) is 8.09. The van der Waals surface area contributed by atoms with Crippen molar-refractivity contribution in [2.24, 2.45) is 0 Å². The first kappa shape index (κ1) is 23.9. The molecule has 3 aromatic carbocycles. The average Bonchev–Trinajstić information content (AvgIpc) is 3.41. The molecular formula is C29H33NO4S. The van der Waals surface area contributed by atoms with Gasteiger partial charge in [0.15, 0.2) is 11.5 Å². The summed E-state index contributed by atoms with van der Waals surface area (Å²) in [5.74, 6) is 3.72. The molecule has 0 bridgehead atoms. The van der Waals surface area contributed by atoms with E-state index in [-0.39, 0.29) is 17.6 Å². The van der Waals surface area contributed by atoms with Gasteiger partial charge in [0, 0.05) is 34.6 Å². The highest BCUT2D eigenvalue weighted by Gasteiger charge is 2.34. The molecule has 2 heterocycles. The van der Waals surface area contributed by atoms with Crippen molar-refractivity contribution in [2.45, 2.75) is 29.6 Å². The highest BCUT2D eigenvalue weighted by atomic mass is 32.2. The van der Waals surface area contributed by atoms with Crippen LogP contribution in [0.4, 0.5) is 0 Å². The molecule has 6 heteroatoms. The molecule has 5 rings (SSSR count). The number of phenols is 1. The molecule has 184 valence electrons. The summed E-state index contributed by atoms with van der Waals surface area (Å²) in [7, 11) is 3.30. The molecule has 1 N–H and O–H groups in total. The summed E-state index contributed by atoms with van der Waals surface area (Å²) in [6.07, 6.45) is 2.67. The Morgan fingerprint density at radius 1 is 0.914 bits per heavy atom. The Balaban J connectivity index is 1.43. The minimum absolute atomic E-state index is 0.0487. The van der Waals surface area contributed by atoms with Crippen LogP contribution in [0.15, 0.2) is 65.6 Å². The number of benzene rings is 3. The maximum absolute atomic E-state index is 10.3. The van der Waals surface area contributed by atoms with E-state index >= 15 is 0 Å². The first-order valence-corrected chi connectivity index (χ1v) is 13.3. The van der Waals surface area contributed by atoms with Gasteiger partial charge in [-0.1, -0.05) is 18.2 Å². The van der Waals surface area contributed by atoms with E-state index in [0.29, 0.717) is 18.1 Å². The summed E-state index contributed by atoms with van der Waals surface area (Å²) in [5, 5.41) is 10.3. The van der Waals surface area contributed by atoms with Crippen molar-refractivity contribution in [3.05, 3.63) is 77.4 Å². The quantitative estimate of drug-likeness (QED) is 0.396. The number of likely N-dealkylation sites (tertiary alicyclic amines) is 1. The lowest BCUT2D eigenvalue weighted by molar-refractivity contribution is 0.247. The van der Waals surface area contributed by atoms with Crippen LogP contribution in [0.3, 0.4) is 0 Å². The van der Waals surface area contributed by atoms with E-state index in [0.717, 1.165) is 29.2 Å². The SMILES string of the molecule is COc1ccc(C2COc3ccc(O)cc3C2c2ccc(SCCN3CCCC3)cc2)cc1OC. The summed E-state index contributed by atoms with van der Waals surface area (Å²) >= 11 is 1.92. The number of nitrogens with zero attached hydrogens (tertiary/aromatic N) is 1. The van der Waals surface area contributed by atoms with Crippen molar-refractivity contribution in [1.82, 2.24) is 4.90 Å². The Hall–Kier alpha value is -2.83. The highest BCUT2D eigenvalue weighted by Crippen LogP contribution is 2.48. The molecule has 2 aliphatic heterocycles. The molecule has 3 aromatic rings. The number of thioether (sulfide) groups is 1. The Labute approximate surface area is 212 Å². The standard InChI is InChI=1S/C29H33NO4S/c1-32-27-11-7-21(17-28(27)33-2)25-19-34-26-12-8-22(31)18-24(26)29(25)20-5-9-23(10-6-20)35-16-15-30-13-3-4-14-30/h5-12,17-18,25,29,31H,3-4,13-16,19H2,1-2H3. The molecular weight excluding hydrogens is 458 g/mol. The van der Waals surface area contributed by atoms with Crippen LogP contribution in [-0.2, 0) is 0 Å². The number of phenolic OH excluding ortho intramolecular Hbond substituents is 1. The lowest BCUT2D eigenvalue weighted by atomic mass is 9.76. The molecule has 5 nitrogen and oxygen atoms in total. The second-order valence-electron chi connectivity index (χ2n) is 9.20. The molecule has 2 atom stereocenters. The minimum atomic E-state index is 0.0487. The van der Waals surface area contributed by atoms with Crippen LogP contribution in [0, 0.1) is 0 Å². The lowest BCUT2D eigenvalue weighted by Crippen LogP contribution is -2.25. The van der Waals surface area contributed by atoms with Gasteiger partial charge in [-0.15, -0.1) is 11.8 Å². The van der Waals surface area contributed by atoms with Crippen LogP contribution in [0.25, 0.3) is 0 Å². The Kier molecular flexibility index (Phi) is 7.40. The van der Waals surface area contributed by atoms with Crippen LogP contribution in [-0.4, -0.2) is 56.2 Å². The van der Waals surface area contributed by atoms with Crippen molar-refractivity contribution in [1.29, 1.82) is 0 Å². The van der Waals surface area contributed by atoms with Gasteiger partial charge < -0.3 is 24.2 Å². The fourth-order valence-corrected chi connectivity index (χ4v) is 6.17. The fourth-order valence-electron chi connectivity index (χ4n) is 5.26. The van der Waals surface area contributed by atoms with E-state index in [2.05, 4.69) is 35.2 Å². The third kappa shape index (κ3) is 5.24. The first-order valence-electron chi connectivity index (χ1n) is 12.3. The van der Waals surface area contributed by atoms with Crippen molar-refractivity contribution >= 4 is 11.8 Å². The molecule has 0 aliphatic carbocycles. The molecule has 0 saturated carbocycles. The van der Waals surface area contributed by atoms with Crippen molar-refractivity contribution in [3.8, 4) is 23.0 Å². The van der Waals surface area contributed by atoms with Gasteiger partial charge in [0.1, 0.15) is 11.5 Å². The molecule has 2 aliphatic rings. The topological polar surface area (TPSA) is 51.2 Å².